The molecule has 0 unspecified atom stereocenters. The lowest BCUT2D eigenvalue weighted by Crippen LogP contribution is -3.08. The van der Waals surface area contributed by atoms with Gasteiger partial charge in [-0.05, 0) is 87.7 Å². The monoisotopic (exact) mass is 921 g/mol. The molecule has 6 aromatic rings. The Balaban J connectivity index is -0.000000120. The first-order chi connectivity index (χ1) is 29.6. The Morgan fingerprint density at radius 2 is 0.303 bits per heavy atom. The standard InChI is InChI=1S/3C10H8.2C5H13N.4C4H11N.4CH4/c3*1-2-6-10-8-4-3-7-9(10)5-1;2*1-4-6(3)5-2;4*1-4-5(2)3;;;;/h3*1-8H;2*4-5H2,1-3H3;4*4H2,1-3H3;4*1H4/p+6. The smallest absolute Gasteiger partial charge is 0.0740 e. The van der Waals surface area contributed by atoms with Gasteiger partial charge in [0, 0.05) is 0 Å². The molecule has 0 atom stereocenters. The van der Waals surface area contributed by atoms with Crippen LogP contribution < -0.4 is 29.4 Å². The summed E-state index contributed by atoms with van der Waals surface area (Å²) < 4.78 is 0. The number of fused-ring (bicyclic) bond motifs is 3. The van der Waals surface area contributed by atoms with Crippen LogP contribution in [-0.2, 0) is 0 Å². The van der Waals surface area contributed by atoms with Gasteiger partial charge in [0.15, 0.2) is 0 Å². The van der Waals surface area contributed by atoms with E-state index in [0.717, 1.165) is 0 Å². The van der Waals surface area contributed by atoms with Crippen molar-refractivity contribution >= 4 is 32.3 Å². The average Bonchev–Trinajstić information content (AvgIpc) is 3.32. The summed E-state index contributed by atoms with van der Waals surface area (Å²) in [5.41, 5.74) is 0. The van der Waals surface area contributed by atoms with E-state index in [2.05, 4.69) is 271 Å². The summed E-state index contributed by atoms with van der Waals surface area (Å²) >= 11 is 0. The van der Waals surface area contributed by atoms with Gasteiger partial charge in [-0.1, -0.05) is 175 Å². The van der Waals surface area contributed by atoms with Crippen molar-refractivity contribution in [3.63, 3.8) is 0 Å². The number of benzene rings is 6. The maximum absolute atomic E-state index is 2.19. The third-order valence-electron chi connectivity index (χ3n) is 10.2. The summed E-state index contributed by atoms with van der Waals surface area (Å²) in [4.78, 5) is 9.20. The number of nitrogens with one attached hydrogen (secondary N) is 6. The molecule has 0 aliphatic rings. The van der Waals surface area contributed by atoms with E-state index in [0.29, 0.717) is 0 Å². The molecule has 0 heterocycles. The van der Waals surface area contributed by atoms with Crippen LogP contribution in [0.15, 0.2) is 146 Å². The Morgan fingerprint density at radius 3 is 0.348 bits per heavy atom. The topological polar surface area (TPSA) is 26.6 Å². The minimum Gasteiger partial charge on any atom is -0.340 e. The predicted molar refractivity (Wildman–Crippen MR) is 308 cm³/mol. The first kappa shape index (κ1) is 76.1. The van der Waals surface area contributed by atoms with Crippen molar-refractivity contribution < 1.29 is 29.4 Å². The van der Waals surface area contributed by atoms with Gasteiger partial charge in [-0.2, -0.15) is 0 Å². The Labute approximate surface area is 413 Å². The van der Waals surface area contributed by atoms with Gasteiger partial charge < -0.3 is 29.4 Å². The molecule has 66 heavy (non-hydrogen) atoms. The van der Waals surface area contributed by atoms with Gasteiger partial charge in [-0.3, -0.25) is 0 Å². The van der Waals surface area contributed by atoms with Gasteiger partial charge in [0.1, 0.15) is 0 Å². The van der Waals surface area contributed by atoms with E-state index >= 15 is 0 Å². The SMILES string of the molecule is C.C.C.C.CC[NH+](C)C.CC[NH+](C)C.CC[NH+](C)C.CC[NH+](C)C.CC[NH+](C)CC.CC[NH+](C)CC.c1ccc2ccccc2c1.c1ccc2ccccc2c1.c1ccc2ccccc2c1. The predicted octanol–water partition coefficient (Wildman–Crippen LogP) is 6.75. The van der Waals surface area contributed by atoms with Crippen LogP contribution in [0.2, 0.25) is 0 Å². The van der Waals surface area contributed by atoms with E-state index in [1.165, 1.54) is 104 Å². The third kappa shape index (κ3) is 47.8. The number of quaternary nitrogens is 6. The van der Waals surface area contributed by atoms with E-state index < -0.39 is 0 Å². The molecule has 6 nitrogen and oxygen atoms in total. The molecule has 6 heteroatoms. The second-order valence-electron chi connectivity index (χ2n) is 16.6. The first-order valence-corrected chi connectivity index (χ1v) is 23.7. The summed E-state index contributed by atoms with van der Waals surface area (Å²) in [6.45, 7) is 27.3. The van der Waals surface area contributed by atoms with Crippen molar-refractivity contribution in [1.29, 1.82) is 0 Å². The molecule has 380 valence electrons. The molecule has 0 saturated carbocycles. The molecule has 6 N–H and O–H groups in total. The molecule has 0 amide bonds. The largest absolute Gasteiger partial charge is 0.340 e. The highest BCUT2D eigenvalue weighted by atomic mass is 15.1. The zero-order valence-corrected chi connectivity index (χ0v) is 43.5. The molecule has 0 spiro atoms. The van der Waals surface area contributed by atoms with Crippen molar-refractivity contribution in [2.24, 2.45) is 0 Å². The summed E-state index contributed by atoms with van der Waals surface area (Å²) in [5, 5.41) is 7.86. The summed E-state index contributed by atoms with van der Waals surface area (Å²) in [5.74, 6) is 0. The molecule has 0 bridgehead atoms. The minimum atomic E-state index is 0. The van der Waals surface area contributed by atoms with E-state index in [1.54, 1.807) is 9.80 Å². The van der Waals surface area contributed by atoms with Gasteiger partial charge in [0.05, 0.1) is 123 Å². The molecule has 0 saturated heterocycles. The minimum absolute atomic E-state index is 0. The molecule has 0 fully saturated rings. The Kier molecular flexibility index (Phi) is 61.7. The molecule has 0 aliphatic carbocycles. The van der Waals surface area contributed by atoms with E-state index in [4.69, 9.17) is 0 Å². The highest BCUT2D eigenvalue weighted by molar-refractivity contribution is 5.83. The second-order valence-corrected chi connectivity index (χ2v) is 16.6. The van der Waals surface area contributed by atoms with E-state index in [9.17, 15) is 0 Å². The summed E-state index contributed by atoms with van der Waals surface area (Å²) in [7, 11) is 21.5. The molecule has 0 aliphatic heterocycles. The lowest BCUT2D eigenvalue weighted by molar-refractivity contribution is -0.875. The van der Waals surface area contributed by atoms with Crippen LogP contribution >= 0.6 is 0 Å². The van der Waals surface area contributed by atoms with E-state index in [1.807, 2.05) is 0 Å². The molecule has 6 rings (SSSR count). The first-order valence-electron chi connectivity index (χ1n) is 23.7. The normalized spacial score (nSPS) is 9.27. The molecule has 0 radical (unpaired) electrons. The maximum atomic E-state index is 2.19. The highest BCUT2D eigenvalue weighted by Crippen LogP contribution is 2.12. The van der Waals surface area contributed by atoms with Crippen LogP contribution in [0.3, 0.4) is 0 Å². The van der Waals surface area contributed by atoms with Crippen molar-refractivity contribution in [2.75, 3.05) is 123 Å². The zero-order chi connectivity index (χ0) is 47.6. The van der Waals surface area contributed by atoms with Crippen LogP contribution in [0.25, 0.3) is 32.3 Å². The fourth-order valence-electron chi connectivity index (χ4n) is 3.90. The van der Waals surface area contributed by atoms with Crippen LogP contribution in [-0.4, -0.2) is 123 Å². The van der Waals surface area contributed by atoms with Gasteiger partial charge in [0.25, 0.3) is 0 Å². The Morgan fingerprint density at radius 1 is 0.212 bits per heavy atom. The van der Waals surface area contributed by atoms with Crippen molar-refractivity contribution in [1.82, 2.24) is 0 Å². The quantitative estimate of drug-likeness (QED) is 0.0977. The molecular formula is C60H116N6+6. The van der Waals surface area contributed by atoms with Gasteiger partial charge in [0.2, 0.25) is 0 Å². The fraction of sp³-hybridized carbons (Fsp3) is 0.500. The Bertz CT molecular complexity index is 1390. The summed E-state index contributed by atoms with van der Waals surface area (Å²) in [6.07, 6.45) is 0. The average molecular weight is 922 g/mol. The van der Waals surface area contributed by atoms with Gasteiger partial charge >= 0.3 is 0 Å². The third-order valence-corrected chi connectivity index (χ3v) is 10.2. The lowest BCUT2D eigenvalue weighted by Gasteiger charge is -2.04. The van der Waals surface area contributed by atoms with Crippen LogP contribution in [0.1, 0.15) is 85.1 Å². The lowest BCUT2D eigenvalue weighted by atomic mass is 10.1. The number of hydrogen-bond acceptors (Lipinski definition) is 0. The van der Waals surface area contributed by atoms with Crippen LogP contribution in [0.4, 0.5) is 0 Å². The van der Waals surface area contributed by atoms with Gasteiger partial charge in [-0.25, -0.2) is 0 Å². The fourth-order valence-corrected chi connectivity index (χ4v) is 3.90. The molecule has 6 aromatic carbocycles. The van der Waals surface area contributed by atoms with Crippen LogP contribution in [0, 0.1) is 0 Å². The zero-order valence-electron chi connectivity index (χ0n) is 43.5. The maximum Gasteiger partial charge on any atom is 0.0740 e. The summed E-state index contributed by atoms with van der Waals surface area (Å²) in [6, 6.07) is 50.1. The van der Waals surface area contributed by atoms with Crippen LogP contribution in [0.5, 0.6) is 0 Å². The molecule has 0 aromatic heterocycles. The number of hydrogen-bond donors (Lipinski definition) is 6. The second kappa shape index (κ2) is 53.5. The van der Waals surface area contributed by atoms with Gasteiger partial charge in [-0.15, -0.1) is 0 Å². The number of rotatable bonds is 8. The van der Waals surface area contributed by atoms with Crippen molar-refractivity contribution in [3.8, 4) is 0 Å². The molecular weight excluding hydrogens is 805 g/mol. The van der Waals surface area contributed by atoms with Crippen molar-refractivity contribution in [2.45, 2.75) is 85.1 Å². The Hall–Kier alpha value is -4.14. The highest BCUT2D eigenvalue weighted by Gasteiger charge is 1.88. The van der Waals surface area contributed by atoms with Crippen molar-refractivity contribution in [3.05, 3.63) is 146 Å². The van der Waals surface area contributed by atoms with E-state index in [-0.39, 0.29) is 29.7 Å².